The molecule has 1 aliphatic carbocycles. The fourth-order valence-electron chi connectivity index (χ4n) is 3.51. The number of morpholine rings is 1. The number of ether oxygens (including phenoxy) is 1. The van der Waals surface area contributed by atoms with Gasteiger partial charge >= 0.3 is 0 Å². The zero-order valence-corrected chi connectivity index (χ0v) is 11.8. The molecule has 3 nitrogen and oxygen atoms in total. The van der Waals surface area contributed by atoms with Gasteiger partial charge in [-0.3, -0.25) is 4.90 Å². The van der Waals surface area contributed by atoms with Crippen molar-refractivity contribution in [2.75, 3.05) is 19.6 Å². The predicted molar refractivity (Wildman–Crippen MR) is 70.9 cm³/mol. The van der Waals surface area contributed by atoms with Crippen LogP contribution in [0.2, 0.25) is 0 Å². The van der Waals surface area contributed by atoms with E-state index >= 15 is 0 Å². The maximum Gasteiger partial charge on any atom is 0.0678 e. The van der Waals surface area contributed by atoms with E-state index < -0.39 is 0 Å². The van der Waals surface area contributed by atoms with E-state index in [1.807, 2.05) is 0 Å². The molecule has 2 aliphatic rings. The molecule has 0 aromatic carbocycles. The van der Waals surface area contributed by atoms with Crippen LogP contribution in [0.4, 0.5) is 0 Å². The lowest BCUT2D eigenvalue weighted by atomic mass is 9.85. The zero-order chi connectivity index (χ0) is 12.6. The lowest BCUT2D eigenvalue weighted by molar-refractivity contribution is -0.0719. The first-order valence-electron chi connectivity index (χ1n) is 7.02. The molecule has 2 fully saturated rings. The van der Waals surface area contributed by atoms with Gasteiger partial charge in [0.2, 0.25) is 0 Å². The first-order chi connectivity index (χ1) is 7.88. The second kappa shape index (κ2) is 4.87. The molecule has 2 unspecified atom stereocenters. The summed E-state index contributed by atoms with van der Waals surface area (Å²) in [6, 6.07) is 0.357. The first kappa shape index (κ1) is 13.3. The summed E-state index contributed by atoms with van der Waals surface area (Å²) < 4.78 is 5.78. The minimum Gasteiger partial charge on any atom is -0.373 e. The zero-order valence-electron chi connectivity index (χ0n) is 11.8. The SMILES string of the molecule is C[C@@H]1CN(CC2CCC(C)(C)C2N)C[C@H](C)O1. The summed E-state index contributed by atoms with van der Waals surface area (Å²) in [5.74, 6) is 0.669. The van der Waals surface area contributed by atoms with Crippen LogP contribution in [0.3, 0.4) is 0 Å². The smallest absolute Gasteiger partial charge is 0.0678 e. The molecule has 0 bridgehead atoms. The van der Waals surface area contributed by atoms with E-state index in [4.69, 9.17) is 10.5 Å². The Morgan fingerprint density at radius 2 is 1.82 bits per heavy atom. The third-order valence-corrected chi connectivity index (χ3v) is 4.56. The normalized spacial score (nSPS) is 42.9. The summed E-state index contributed by atoms with van der Waals surface area (Å²) >= 11 is 0. The lowest BCUT2D eigenvalue weighted by Crippen LogP contribution is -2.49. The highest BCUT2D eigenvalue weighted by atomic mass is 16.5. The maximum atomic E-state index is 6.39. The quantitative estimate of drug-likeness (QED) is 0.800. The van der Waals surface area contributed by atoms with Crippen molar-refractivity contribution >= 4 is 0 Å². The number of nitrogens with two attached hydrogens (primary N) is 1. The number of nitrogens with zero attached hydrogens (tertiary/aromatic N) is 1. The molecule has 100 valence electrons. The molecule has 0 radical (unpaired) electrons. The van der Waals surface area contributed by atoms with Gasteiger partial charge in [0, 0.05) is 25.7 Å². The van der Waals surface area contributed by atoms with Crippen molar-refractivity contribution in [1.82, 2.24) is 4.90 Å². The molecular formula is C14H28N2O. The Morgan fingerprint density at radius 3 is 2.29 bits per heavy atom. The van der Waals surface area contributed by atoms with Gasteiger partial charge in [0.1, 0.15) is 0 Å². The third kappa shape index (κ3) is 3.01. The van der Waals surface area contributed by atoms with Crippen LogP contribution >= 0.6 is 0 Å². The van der Waals surface area contributed by atoms with E-state index in [1.165, 1.54) is 12.8 Å². The Labute approximate surface area is 106 Å². The summed E-state index contributed by atoms with van der Waals surface area (Å²) in [7, 11) is 0. The maximum absolute atomic E-state index is 6.39. The van der Waals surface area contributed by atoms with E-state index in [2.05, 4.69) is 32.6 Å². The fraction of sp³-hybridized carbons (Fsp3) is 1.00. The molecule has 1 saturated heterocycles. The summed E-state index contributed by atoms with van der Waals surface area (Å²) in [6.07, 6.45) is 3.29. The average Bonchev–Trinajstić information content (AvgIpc) is 2.44. The van der Waals surface area contributed by atoms with Gasteiger partial charge in [-0.25, -0.2) is 0 Å². The summed E-state index contributed by atoms with van der Waals surface area (Å²) in [5, 5.41) is 0. The van der Waals surface area contributed by atoms with E-state index in [1.54, 1.807) is 0 Å². The van der Waals surface area contributed by atoms with Crippen LogP contribution < -0.4 is 5.73 Å². The van der Waals surface area contributed by atoms with Crippen LogP contribution in [-0.2, 0) is 4.74 Å². The highest BCUT2D eigenvalue weighted by Gasteiger charge is 2.40. The number of hydrogen-bond donors (Lipinski definition) is 1. The molecule has 3 heteroatoms. The van der Waals surface area contributed by atoms with E-state index in [0.717, 1.165) is 19.6 Å². The van der Waals surface area contributed by atoms with Crippen LogP contribution in [0.25, 0.3) is 0 Å². The Hall–Kier alpha value is -0.120. The average molecular weight is 240 g/mol. The molecule has 1 aliphatic heterocycles. The van der Waals surface area contributed by atoms with Gasteiger partial charge in [-0.2, -0.15) is 0 Å². The van der Waals surface area contributed by atoms with Crippen LogP contribution in [0.5, 0.6) is 0 Å². The van der Waals surface area contributed by atoms with Gasteiger partial charge in [-0.1, -0.05) is 13.8 Å². The second-order valence-corrected chi connectivity index (χ2v) is 6.79. The van der Waals surface area contributed by atoms with Crippen LogP contribution in [0.15, 0.2) is 0 Å². The summed E-state index contributed by atoms with van der Waals surface area (Å²) in [5.41, 5.74) is 6.71. The van der Waals surface area contributed by atoms with Crippen molar-refractivity contribution in [1.29, 1.82) is 0 Å². The molecule has 0 amide bonds. The molecule has 2 rings (SSSR count). The minimum atomic E-state index is 0.328. The fourth-order valence-corrected chi connectivity index (χ4v) is 3.51. The van der Waals surface area contributed by atoms with Crippen molar-refractivity contribution < 1.29 is 4.74 Å². The molecular weight excluding hydrogens is 212 g/mol. The van der Waals surface area contributed by atoms with Crippen LogP contribution in [-0.4, -0.2) is 42.8 Å². The Bertz CT molecular complexity index is 257. The Kier molecular flexibility index (Phi) is 3.81. The van der Waals surface area contributed by atoms with Gasteiger partial charge in [-0.15, -0.1) is 0 Å². The molecule has 0 spiro atoms. The highest BCUT2D eigenvalue weighted by Crippen LogP contribution is 2.40. The second-order valence-electron chi connectivity index (χ2n) is 6.79. The van der Waals surface area contributed by atoms with Crippen LogP contribution in [0.1, 0.15) is 40.5 Å². The van der Waals surface area contributed by atoms with Crippen molar-refractivity contribution in [3.8, 4) is 0 Å². The molecule has 1 heterocycles. The van der Waals surface area contributed by atoms with E-state index in [-0.39, 0.29) is 0 Å². The highest BCUT2D eigenvalue weighted by molar-refractivity contribution is 4.95. The topological polar surface area (TPSA) is 38.5 Å². The summed E-state index contributed by atoms with van der Waals surface area (Å²) in [4.78, 5) is 2.55. The molecule has 4 atom stereocenters. The van der Waals surface area contributed by atoms with E-state index in [9.17, 15) is 0 Å². The first-order valence-corrected chi connectivity index (χ1v) is 7.02. The van der Waals surface area contributed by atoms with Crippen molar-refractivity contribution in [3.05, 3.63) is 0 Å². The minimum absolute atomic E-state index is 0.328. The molecule has 2 N–H and O–H groups in total. The monoisotopic (exact) mass is 240 g/mol. The summed E-state index contributed by atoms with van der Waals surface area (Å²) in [6.45, 7) is 12.2. The Morgan fingerprint density at radius 1 is 1.24 bits per heavy atom. The Balaban J connectivity index is 1.89. The van der Waals surface area contributed by atoms with Gasteiger partial charge in [0.15, 0.2) is 0 Å². The molecule has 1 saturated carbocycles. The van der Waals surface area contributed by atoms with Crippen molar-refractivity contribution in [2.24, 2.45) is 17.1 Å². The number of hydrogen-bond acceptors (Lipinski definition) is 3. The molecule has 0 aromatic rings. The standard InChI is InChI=1S/C14H28N2O/c1-10-7-16(8-11(2)17-10)9-12-5-6-14(3,4)13(12)15/h10-13H,5-9,15H2,1-4H3/t10-,11+,12?,13?. The van der Waals surface area contributed by atoms with Crippen LogP contribution in [0, 0.1) is 11.3 Å². The van der Waals surface area contributed by atoms with Crippen molar-refractivity contribution in [2.45, 2.75) is 58.8 Å². The van der Waals surface area contributed by atoms with Gasteiger partial charge in [0.25, 0.3) is 0 Å². The van der Waals surface area contributed by atoms with Gasteiger partial charge in [0.05, 0.1) is 12.2 Å². The third-order valence-electron chi connectivity index (χ3n) is 4.56. The van der Waals surface area contributed by atoms with Crippen molar-refractivity contribution in [3.63, 3.8) is 0 Å². The predicted octanol–water partition coefficient (Wildman–Crippen LogP) is 1.86. The largest absolute Gasteiger partial charge is 0.373 e. The lowest BCUT2D eigenvalue weighted by Gasteiger charge is -2.38. The molecule has 0 aromatic heterocycles. The van der Waals surface area contributed by atoms with Gasteiger partial charge < -0.3 is 10.5 Å². The van der Waals surface area contributed by atoms with E-state index in [0.29, 0.717) is 29.6 Å². The molecule has 17 heavy (non-hydrogen) atoms. The number of rotatable bonds is 2. The van der Waals surface area contributed by atoms with Gasteiger partial charge in [-0.05, 0) is 38.0 Å².